The van der Waals surface area contributed by atoms with E-state index in [1.807, 2.05) is 0 Å². The molecule has 0 aromatic heterocycles. The van der Waals surface area contributed by atoms with Gasteiger partial charge in [-0.25, -0.2) is 0 Å². The fourth-order valence-electron chi connectivity index (χ4n) is 1.67. The molecule has 0 heterocycles. The number of amides is 3. The van der Waals surface area contributed by atoms with Crippen molar-refractivity contribution in [1.29, 1.82) is 0 Å². The maximum atomic E-state index is 12.2. The van der Waals surface area contributed by atoms with Crippen LogP contribution in [0.15, 0.2) is 60.7 Å². The zero-order chi connectivity index (χ0) is 14.5. The van der Waals surface area contributed by atoms with E-state index < -0.39 is 17.2 Å². The predicted molar refractivity (Wildman–Crippen MR) is 74.6 cm³/mol. The Morgan fingerprint density at radius 3 is 1.35 bits per heavy atom. The van der Waals surface area contributed by atoms with Crippen LogP contribution in [0.5, 0.6) is 0 Å². The monoisotopic (exact) mass is 287 g/mol. The van der Waals surface area contributed by atoms with Gasteiger partial charge in [-0.2, -0.15) is 4.90 Å². The first-order valence-corrected chi connectivity index (χ1v) is 6.17. The van der Waals surface area contributed by atoms with Gasteiger partial charge in [-0.05, 0) is 35.9 Å². The third-order valence-electron chi connectivity index (χ3n) is 2.62. The second-order valence-electron chi connectivity index (χ2n) is 3.93. The second kappa shape index (κ2) is 6.12. The highest BCUT2D eigenvalue weighted by Crippen LogP contribution is 2.12. The van der Waals surface area contributed by atoms with Crippen LogP contribution in [-0.2, 0) is 0 Å². The SMILES string of the molecule is O=C(Cl)N(C(=O)c1ccccc1)C(=O)c1ccccc1. The molecule has 3 amide bonds. The van der Waals surface area contributed by atoms with Crippen LogP contribution >= 0.6 is 11.6 Å². The normalized spacial score (nSPS) is 9.85. The fraction of sp³-hybridized carbons (Fsp3) is 0. The molecule has 0 aliphatic carbocycles. The van der Waals surface area contributed by atoms with Gasteiger partial charge in [-0.3, -0.25) is 14.4 Å². The van der Waals surface area contributed by atoms with E-state index in [9.17, 15) is 14.4 Å². The molecule has 2 rings (SSSR count). The van der Waals surface area contributed by atoms with E-state index in [0.29, 0.717) is 4.90 Å². The van der Waals surface area contributed by atoms with Crippen LogP contribution in [0, 0.1) is 0 Å². The van der Waals surface area contributed by atoms with Gasteiger partial charge in [0.2, 0.25) is 0 Å². The van der Waals surface area contributed by atoms with Crippen molar-refractivity contribution in [3.8, 4) is 0 Å². The topological polar surface area (TPSA) is 54.5 Å². The second-order valence-corrected chi connectivity index (χ2v) is 4.25. The molecule has 0 saturated carbocycles. The van der Waals surface area contributed by atoms with Gasteiger partial charge in [-0.1, -0.05) is 36.4 Å². The number of imide groups is 3. The highest BCUT2D eigenvalue weighted by atomic mass is 35.5. The van der Waals surface area contributed by atoms with Gasteiger partial charge in [0.1, 0.15) is 0 Å². The molecule has 20 heavy (non-hydrogen) atoms. The number of carbonyl (C=O) groups excluding carboxylic acids is 3. The largest absolute Gasteiger partial charge is 0.330 e. The zero-order valence-electron chi connectivity index (χ0n) is 10.3. The lowest BCUT2D eigenvalue weighted by Gasteiger charge is -2.15. The molecule has 0 radical (unpaired) electrons. The van der Waals surface area contributed by atoms with Crippen molar-refractivity contribution in [2.45, 2.75) is 0 Å². The molecule has 0 bridgehead atoms. The van der Waals surface area contributed by atoms with Crippen LogP contribution in [0.4, 0.5) is 4.79 Å². The van der Waals surface area contributed by atoms with Gasteiger partial charge in [0.25, 0.3) is 11.8 Å². The lowest BCUT2D eigenvalue weighted by Crippen LogP contribution is -2.38. The van der Waals surface area contributed by atoms with Gasteiger partial charge < -0.3 is 0 Å². The van der Waals surface area contributed by atoms with E-state index in [1.54, 1.807) is 36.4 Å². The molecule has 0 fully saturated rings. The summed E-state index contributed by atoms with van der Waals surface area (Å²) in [5, 5.41) is -1.13. The minimum atomic E-state index is -1.13. The van der Waals surface area contributed by atoms with Crippen LogP contribution in [-0.4, -0.2) is 22.1 Å². The number of halogens is 1. The van der Waals surface area contributed by atoms with E-state index in [2.05, 4.69) is 0 Å². The molecular formula is C15H10ClNO3. The van der Waals surface area contributed by atoms with Crippen LogP contribution in [0.2, 0.25) is 0 Å². The summed E-state index contributed by atoms with van der Waals surface area (Å²) < 4.78 is 0. The molecule has 0 N–H and O–H groups in total. The highest BCUT2D eigenvalue weighted by Gasteiger charge is 2.29. The summed E-state index contributed by atoms with van der Waals surface area (Å²) in [6.07, 6.45) is 0. The minimum Gasteiger partial charge on any atom is -0.268 e. The Morgan fingerprint density at radius 1 is 0.700 bits per heavy atom. The van der Waals surface area contributed by atoms with Crippen molar-refractivity contribution in [3.63, 3.8) is 0 Å². The van der Waals surface area contributed by atoms with Gasteiger partial charge in [-0.15, -0.1) is 0 Å². The third kappa shape index (κ3) is 2.92. The van der Waals surface area contributed by atoms with Gasteiger partial charge in [0.15, 0.2) is 0 Å². The summed E-state index contributed by atoms with van der Waals surface area (Å²) in [6.45, 7) is 0. The molecule has 5 heteroatoms. The minimum absolute atomic E-state index is 0.214. The van der Waals surface area contributed by atoms with Crippen molar-refractivity contribution in [3.05, 3.63) is 71.8 Å². The van der Waals surface area contributed by atoms with Crippen molar-refractivity contribution in [2.24, 2.45) is 0 Å². The van der Waals surface area contributed by atoms with Crippen molar-refractivity contribution in [2.75, 3.05) is 0 Å². The van der Waals surface area contributed by atoms with Crippen LogP contribution in [0.25, 0.3) is 0 Å². The third-order valence-corrected chi connectivity index (χ3v) is 2.79. The molecule has 0 spiro atoms. The van der Waals surface area contributed by atoms with Crippen LogP contribution in [0.3, 0.4) is 0 Å². The Morgan fingerprint density at radius 2 is 1.05 bits per heavy atom. The Hall–Kier alpha value is -2.46. The molecule has 2 aromatic rings. The summed E-state index contributed by atoms with van der Waals surface area (Å²) in [4.78, 5) is 36.2. The maximum Gasteiger partial charge on any atom is 0.330 e. The molecule has 0 aliphatic heterocycles. The highest BCUT2D eigenvalue weighted by molar-refractivity contribution is 6.66. The summed E-state index contributed by atoms with van der Waals surface area (Å²) in [5.41, 5.74) is 0.427. The van der Waals surface area contributed by atoms with Crippen molar-refractivity contribution >= 4 is 28.8 Å². The number of hydrogen-bond donors (Lipinski definition) is 0. The number of hydrogen-bond acceptors (Lipinski definition) is 3. The molecule has 2 aromatic carbocycles. The lowest BCUT2D eigenvalue weighted by atomic mass is 10.1. The Bertz CT molecular complexity index is 589. The van der Waals surface area contributed by atoms with E-state index in [4.69, 9.17) is 11.6 Å². The van der Waals surface area contributed by atoms with E-state index in [-0.39, 0.29) is 11.1 Å². The first-order valence-electron chi connectivity index (χ1n) is 5.79. The average molecular weight is 288 g/mol. The lowest BCUT2D eigenvalue weighted by molar-refractivity contribution is 0.0686. The van der Waals surface area contributed by atoms with Crippen molar-refractivity contribution in [1.82, 2.24) is 4.90 Å². The first-order chi connectivity index (χ1) is 9.61. The van der Waals surface area contributed by atoms with Gasteiger partial charge in [0.05, 0.1) is 0 Å². The molecule has 0 aliphatic rings. The number of benzene rings is 2. The Kier molecular flexibility index (Phi) is 4.27. The molecule has 100 valence electrons. The summed E-state index contributed by atoms with van der Waals surface area (Å²) in [6, 6.07) is 16.0. The Balaban J connectivity index is 2.36. The average Bonchev–Trinajstić information content (AvgIpc) is 2.48. The standard InChI is InChI=1S/C15H10ClNO3/c16-15(20)17(13(18)11-7-3-1-4-8-11)14(19)12-9-5-2-6-10-12/h1-10H. The quantitative estimate of drug-likeness (QED) is 0.484. The van der Waals surface area contributed by atoms with E-state index in [1.165, 1.54) is 24.3 Å². The predicted octanol–water partition coefficient (Wildman–Crippen LogP) is 3.33. The fourth-order valence-corrected chi connectivity index (χ4v) is 1.83. The molecule has 0 unspecified atom stereocenters. The smallest absolute Gasteiger partial charge is 0.268 e. The van der Waals surface area contributed by atoms with Gasteiger partial charge in [0, 0.05) is 11.1 Å². The van der Waals surface area contributed by atoms with Crippen LogP contribution < -0.4 is 0 Å². The van der Waals surface area contributed by atoms with Gasteiger partial charge >= 0.3 is 5.37 Å². The maximum absolute atomic E-state index is 12.2. The number of nitrogens with zero attached hydrogens (tertiary/aromatic N) is 1. The summed E-state index contributed by atoms with van der Waals surface area (Å²) >= 11 is 5.38. The van der Waals surface area contributed by atoms with Crippen LogP contribution in [0.1, 0.15) is 20.7 Å². The Labute approximate surface area is 120 Å². The van der Waals surface area contributed by atoms with E-state index >= 15 is 0 Å². The molecule has 4 nitrogen and oxygen atoms in total. The number of rotatable bonds is 2. The number of carbonyl (C=O) groups is 3. The summed E-state index contributed by atoms with van der Waals surface area (Å²) in [7, 11) is 0. The first kappa shape index (κ1) is 14.0. The molecular weight excluding hydrogens is 278 g/mol. The molecule has 0 saturated heterocycles. The molecule has 0 atom stereocenters. The van der Waals surface area contributed by atoms with Crippen molar-refractivity contribution < 1.29 is 14.4 Å². The van der Waals surface area contributed by atoms with E-state index in [0.717, 1.165) is 0 Å². The zero-order valence-corrected chi connectivity index (χ0v) is 11.1. The summed E-state index contributed by atoms with van der Waals surface area (Å²) in [5.74, 6) is -1.50.